The van der Waals surface area contributed by atoms with Crippen molar-refractivity contribution < 1.29 is 9.21 Å². The lowest BCUT2D eigenvalue weighted by atomic mass is 10.1. The summed E-state index contributed by atoms with van der Waals surface area (Å²) in [5.74, 6) is 1.23. The number of aryl methyl sites for hydroxylation is 1. The molecule has 9 heteroatoms. The quantitative estimate of drug-likeness (QED) is 0.203. The summed E-state index contributed by atoms with van der Waals surface area (Å²) in [6, 6.07) is 15.8. The maximum absolute atomic E-state index is 12.0. The maximum atomic E-state index is 12.0. The SMILES string of the molecule is CCNC(=NCc1cccc(NC(=O)CN(C)C)c1)NCc1coc(-c2ccc(C)cc2)n1.I. The van der Waals surface area contributed by atoms with E-state index >= 15 is 0 Å². The third-order valence-corrected chi connectivity index (χ3v) is 4.72. The molecule has 34 heavy (non-hydrogen) atoms. The number of amides is 1. The van der Waals surface area contributed by atoms with Gasteiger partial charge in [0.15, 0.2) is 5.96 Å². The number of carbonyl (C=O) groups is 1. The molecule has 0 bridgehead atoms. The Balaban J connectivity index is 0.00000408. The number of oxazole rings is 1. The van der Waals surface area contributed by atoms with E-state index in [0.717, 1.165) is 29.1 Å². The molecule has 0 atom stereocenters. The van der Waals surface area contributed by atoms with Crippen LogP contribution in [0.25, 0.3) is 11.5 Å². The molecule has 0 saturated carbocycles. The Morgan fingerprint density at radius 2 is 1.88 bits per heavy atom. The Labute approximate surface area is 218 Å². The average molecular weight is 576 g/mol. The van der Waals surface area contributed by atoms with Gasteiger partial charge in [0, 0.05) is 17.8 Å². The van der Waals surface area contributed by atoms with Crippen LogP contribution in [0.5, 0.6) is 0 Å². The number of nitrogens with one attached hydrogen (secondary N) is 3. The van der Waals surface area contributed by atoms with Crippen molar-refractivity contribution in [2.75, 3.05) is 32.5 Å². The molecule has 0 unspecified atom stereocenters. The number of benzene rings is 2. The van der Waals surface area contributed by atoms with Crippen molar-refractivity contribution in [3.8, 4) is 11.5 Å². The second kappa shape index (κ2) is 13.7. The molecule has 3 aromatic rings. The van der Waals surface area contributed by atoms with Gasteiger partial charge in [0.25, 0.3) is 0 Å². The van der Waals surface area contributed by atoms with Crippen LogP contribution in [0.4, 0.5) is 5.69 Å². The monoisotopic (exact) mass is 576 g/mol. The van der Waals surface area contributed by atoms with Crippen LogP contribution in [0.15, 0.2) is 64.2 Å². The van der Waals surface area contributed by atoms with Crippen molar-refractivity contribution in [1.29, 1.82) is 0 Å². The van der Waals surface area contributed by atoms with Gasteiger partial charge >= 0.3 is 0 Å². The van der Waals surface area contributed by atoms with Crippen molar-refractivity contribution in [2.45, 2.75) is 26.9 Å². The Hall–Kier alpha value is -2.92. The summed E-state index contributed by atoms with van der Waals surface area (Å²) in [4.78, 5) is 23.1. The van der Waals surface area contributed by atoms with Crippen LogP contribution in [0.1, 0.15) is 23.7 Å². The average Bonchev–Trinajstić information content (AvgIpc) is 3.25. The largest absolute Gasteiger partial charge is 0.444 e. The van der Waals surface area contributed by atoms with Crippen molar-refractivity contribution in [3.05, 3.63) is 71.6 Å². The van der Waals surface area contributed by atoms with Gasteiger partial charge in [-0.15, -0.1) is 24.0 Å². The summed E-state index contributed by atoms with van der Waals surface area (Å²) in [5.41, 5.74) is 4.70. The first kappa shape index (κ1) is 27.3. The fourth-order valence-electron chi connectivity index (χ4n) is 3.14. The number of guanidine groups is 1. The van der Waals surface area contributed by atoms with E-state index in [1.165, 1.54) is 5.56 Å². The molecule has 182 valence electrons. The zero-order valence-corrected chi connectivity index (χ0v) is 22.4. The first-order chi connectivity index (χ1) is 15.9. The van der Waals surface area contributed by atoms with Crippen molar-refractivity contribution in [2.24, 2.45) is 4.99 Å². The lowest BCUT2D eigenvalue weighted by Gasteiger charge is -2.12. The van der Waals surface area contributed by atoms with E-state index in [1.807, 2.05) is 81.4 Å². The van der Waals surface area contributed by atoms with E-state index in [1.54, 1.807) is 6.26 Å². The van der Waals surface area contributed by atoms with Gasteiger partial charge in [-0.05, 0) is 57.8 Å². The molecule has 3 N–H and O–H groups in total. The van der Waals surface area contributed by atoms with E-state index in [0.29, 0.717) is 31.5 Å². The number of rotatable bonds is 9. The van der Waals surface area contributed by atoms with Gasteiger partial charge in [-0.1, -0.05) is 29.8 Å². The van der Waals surface area contributed by atoms with Crippen LogP contribution < -0.4 is 16.0 Å². The Bertz CT molecular complexity index is 1080. The van der Waals surface area contributed by atoms with Crippen LogP contribution in [0.2, 0.25) is 0 Å². The number of nitrogens with zero attached hydrogens (tertiary/aromatic N) is 3. The van der Waals surface area contributed by atoms with Crippen LogP contribution in [-0.4, -0.2) is 48.9 Å². The summed E-state index contributed by atoms with van der Waals surface area (Å²) >= 11 is 0. The molecular weight excluding hydrogens is 543 g/mol. The number of halogens is 1. The Morgan fingerprint density at radius 1 is 1.12 bits per heavy atom. The zero-order chi connectivity index (χ0) is 23.6. The van der Waals surface area contributed by atoms with E-state index in [2.05, 4.69) is 25.9 Å². The second-order valence-electron chi connectivity index (χ2n) is 8.05. The highest BCUT2D eigenvalue weighted by Crippen LogP contribution is 2.19. The third-order valence-electron chi connectivity index (χ3n) is 4.72. The van der Waals surface area contributed by atoms with E-state index in [-0.39, 0.29) is 29.9 Å². The molecule has 0 aliphatic carbocycles. The highest BCUT2D eigenvalue weighted by atomic mass is 127. The van der Waals surface area contributed by atoms with Gasteiger partial charge in [0.05, 0.1) is 25.3 Å². The van der Waals surface area contributed by atoms with Gasteiger partial charge in [-0.3, -0.25) is 4.79 Å². The number of anilines is 1. The predicted octanol–water partition coefficient (Wildman–Crippen LogP) is 4.02. The minimum absolute atomic E-state index is 0. The molecule has 0 aliphatic heterocycles. The molecule has 1 heterocycles. The summed E-state index contributed by atoms with van der Waals surface area (Å²) in [6.07, 6.45) is 1.66. The van der Waals surface area contributed by atoms with Gasteiger partial charge < -0.3 is 25.3 Å². The topological polar surface area (TPSA) is 94.8 Å². The summed E-state index contributed by atoms with van der Waals surface area (Å²) in [6.45, 7) is 6.10. The van der Waals surface area contributed by atoms with Gasteiger partial charge in [-0.2, -0.15) is 0 Å². The Kier molecular flexibility index (Phi) is 11.0. The maximum Gasteiger partial charge on any atom is 0.238 e. The van der Waals surface area contributed by atoms with Crippen molar-refractivity contribution in [3.63, 3.8) is 0 Å². The predicted molar refractivity (Wildman–Crippen MR) is 147 cm³/mol. The van der Waals surface area contributed by atoms with Gasteiger partial charge in [-0.25, -0.2) is 9.98 Å². The van der Waals surface area contributed by atoms with Crippen LogP contribution >= 0.6 is 24.0 Å². The Morgan fingerprint density at radius 3 is 2.59 bits per heavy atom. The summed E-state index contributed by atoms with van der Waals surface area (Å²) < 4.78 is 5.63. The van der Waals surface area contributed by atoms with Crippen molar-refractivity contribution >= 4 is 41.5 Å². The second-order valence-corrected chi connectivity index (χ2v) is 8.05. The lowest BCUT2D eigenvalue weighted by molar-refractivity contribution is -0.116. The molecule has 0 saturated heterocycles. The van der Waals surface area contributed by atoms with Gasteiger partial charge in [0.1, 0.15) is 6.26 Å². The molecule has 3 rings (SSSR count). The van der Waals surface area contributed by atoms with Crippen LogP contribution in [0.3, 0.4) is 0 Å². The van der Waals surface area contributed by atoms with E-state index in [9.17, 15) is 4.79 Å². The normalized spacial score (nSPS) is 11.1. The highest BCUT2D eigenvalue weighted by molar-refractivity contribution is 14.0. The number of aromatic nitrogens is 1. The molecule has 8 nitrogen and oxygen atoms in total. The number of aliphatic imine (C=N–C) groups is 1. The number of carbonyl (C=O) groups excluding carboxylic acids is 1. The third kappa shape index (κ3) is 8.79. The number of hydrogen-bond donors (Lipinski definition) is 3. The molecule has 0 fully saturated rings. The number of likely N-dealkylation sites (N-methyl/N-ethyl adjacent to an activating group) is 1. The molecule has 0 aliphatic rings. The molecule has 1 aromatic heterocycles. The van der Waals surface area contributed by atoms with Crippen LogP contribution in [-0.2, 0) is 17.9 Å². The summed E-state index contributed by atoms with van der Waals surface area (Å²) in [5, 5.41) is 9.45. The molecule has 2 aromatic carbocycles. The number of hydrogen-bond acceptors (Lipinski definition) is 5. The van der Waals surface area contributed by atoms with E-state index in [4.69, 9.17) is 4.42 Å². The summed E-state index contributed by atoms with van der Waals surface area (Å²) in [7, 11) is 3.73. The smallest absolute Gasteiger partial charge is 0.238 e. The van der Waals surface area contributed by atoms with Gasteiger partial charge in [0.2, 0.25) is 11.8 Å². The molecule has 0 radical (unpaired) electrons. The van der Waals surface area contributed by atoms with Crippen LogP contribution in [0, 0.1) is 6.92 Å². The standard InChI is InChI=1S/C25H32N6O2.HI/c1-5-26-25(27-14-19-7-6-8-21(13-19)29-23(32)16-31(3)4)28-15-22-17-33-24(30-22)20-11-9-18(2)10-12-20;/h6-13,17H,5,14-16H2,1-4H3,(H,29,32)(H2,26,27,28);1H. The van der Waals surface area contributed by atoms with E-state index < -0.39 is 0 Å². The molecule has 1 amide bonds. The minimum atomic E-state index is -0.0479. The molecular formula is C25H33IN6O2. The highest BCUT2D eigenvalue weighted by Gasteiger charge is 2.08. The fourth-order valence-corrected chi connectivity index (χ4v) is 3.14. The zero-order valence-electron chi connectivity index (χ0n) is 20.1. The first-order valence-corrected chi connectivity index (χ1v) is 11.0. The molecule has 0 spiro atoms. The fraction of sp³-hybridized carbons (Fsp3) is 0.320. The lowest BCUT2D eigenvalue weighted by Crippen LogP contribution is -2.36. The van der Waals surface area contributed by atoms with Crippen molar-refractivity contribution in [1.82, 2.24) is 20.5 Å². The first-order valence-electron chi connectivity index (χ1n) is 11.0. The minimum Gasteiger partial charge on any atom is -0.444 e.